The topological polar surface area (TPSA) is 38.3 Å². The van der Waals surface area contributed by atoms with E-state index in [9.17, 15) is 4.79 Å². The second-order valence-electron chi connectivity index (χ2n) is 3.10. The Bertz CT molecular complexity index is 148. The van der Waals surface area contributed by atoms with Crippen molar-refractivity contribution >= 4 is 5.97 Å². The molecule has 3 nitrogen and oxygen atoms in total. The van der Waals surface area contributed by atoms with E-state index in [2.05, 4.69) is 17.0 Å². The van der Waals surface area contributed by atoms with Crippen molar-refractivity contribution in [3.05, 3.63) is 0 Å². The third-order valence-corrected chi connectivity index (χ3v) is 2.16. The highest BCUT2D eigenvalue weighted by atomic mass is 16.5. The average molecular weight is 187 g/mol. The van der Waals surface area contributed by atoms with Gasteiger partial charge in [0, 0.05) is 6.04 Å². The summed E-state index contributed by atoms with van der Waals surface area (Å²) in [6.07, 6.45) is 1.82. The van der Waals surface area contributed by atoms with E-state index in [1.807, 2.05) is 13.8 Å². The lowest BCUT2D eigenvalue weighted by atomic mass is 9.93. The molecule has 0 amide bonds. The first-order chi connectivity index (χ1) is 6.24. The molecule has 1 rings (SSSR count). The fraction of sp³-hybridized carbons (Fsp3) is 0.900. The second-order valence-corrected chi connectivity index (χ2v) is 3.10. The molecule has 0 spiro atoms. The zero-order chi connectivity index (χ0) is 10.3. The summed E-state index contributed by atoms with van der Waals surface area (Å²) in [5.41, 5.74) is 0. The number of methoxy groups -OCH3 is 1. The molecule has 1 aliphatic heterocycles. The fourth-order valence-electron chi connectivity index (χ4n) is 1.51. The van der Waals surface area contributed by atoms with Crippen molar-refractivity contribution in [1.82, 2.24) is 5.32 Å². The van der Waals surface area contributed by atoms with E-state index in [1.54, 1.807) is 0 Å². The van der Waals surface area contributed by atoms with Gasteiger partial charge in [-0.15, -0.1) is 0 Å². The quantitative estimate of drug-likeness (QED) is 0.633. The lowest BCUT2D eigenvalue weighted by Gasteiger charge is -2.25. The Hall–Kier alpha value is -0.570. The van der Waals surface area contributed by atoms with E-state index in [-0.39, 0.29) is 11.9 Å². The predicted molar refractivity (Wildman–Crippen MR) is 53.6 cm³/mol. The van der Waals surface area contributed by atoms with Gasteiger partial charge < -0.3 is 10.1 Å². The molecule has 0 radical (unpaired) electrons. The molecule has 1 fully saturated rings. The SMILES string of the molecule is CC.COC(=O)C1CCNC(C)C1. The average Bonchev–Trinajstić information content (AvgIpc) is 2.20. The van der Waals surface area contributed by atoms with Gasteiger partial charge in [-0.3, -0.25) is 4.79 Å². The Kier molecular flexibility index (Phi) is 6.59. The summed E-state index contributed by atoms with van der Waals surface area (Å²) >= 11 is 0. The summed E-state index contributed by atoms with van der Waals surface area (Å²) in [6.45, 7) is 7.02. The summed E-state index contributed by atoms with van der Waals surface area (Å²) in [5.74, 6) is 0.0644. The summed E-state index contributed by atoms with van der Waals surface area (Å²) < 4.78 is 4.67. The lowest BCUT2D eigenvalue weighted by molar-refractivity contribution is -0.146. The van der Waals surface area contributed by atoms with E-state index < -0.39 is 0 Å². The van der Waals surface area contributed by atoms with Crippen molar-refractivity contribution in [2.75, 3.05) is 13.7 Å². The van der Waals surface area contributed by atoms with Crippen LogP contribution in [0.1, 0.15) is 33.6 Å². The predicted octanol–water partition coefficient (Wildman–Crippen LogP) is 1.57. The number of hydrogen-bond acceptors (Lipinski definition) is 3. The highest BCUT2D eigenvalue weighted by Gasteiger charge is 2.24. The third kappa shape index (κ3) is 4.27. The highest BCUT2D eigenvalue weighted by Crippen LogP contribution is 2.16. The van der Waals surface area contributed by atoms with Crippen LogP contribution in [0.25, 0.3) is 0 Å². The number of nitrogens with one attached hydrogen (secondary N) is 1. The zero-order valence-corrected chi connectivity index (χ0v) is 9.09. The summed E-state index contributed by atoms with van der Waals surface area (Å²) in [4.78, 5) is 11.1. The number of ether oxygens (including phenoxy) is 1. The molecule has 2 atom stereocenters. The van der Waals surface area contributed by atoms with Crippen molar-refractivity contribution in [3.8, 4) is 0 Å². The minimum absolute atomic E-state index is 0.0571. The van der Waals surface area contributed by atoms with Crippen LogP contribution in [0.15, 0.2) is 0 Å². The molecule has 0 bridgehead atoms. The fourth-order valence-corrected chi connectivity index (χ4v) is 1.51. The third-order valence-electron chi connectivity index (χ3n) is 2.16. The van der Waals surface area contributed by atoms with Gasteiger partial charge in [0.2, 0.25) is 0 Å². The van der Waals surface area contributed by atoms with Gasteiger partial charge >= 0.3 is 5.97 Å². The van der Waals surface area contributed by atoms with Crippen LogP contribution in [0.5, 0.6) is 0 Å². The van der Waals surface area contributed by atoms with Crippen molar-refractivity contribution in [1.29, 1.82) is 0 Å². The molecular formula is C10H21NO2. The maximum absolute atomic E-state index is 11.1. The molecule has 1 heterocycles. The van der Waals surface area contributed by atoms with Crippen molar-refractivity contribution < 1.29 is 9.53 Å². The van der Waals surface area contributed by atoms with Crippen LogP contribution in [0.2, 0.25) is 0 Å². The van der Waals surface area contributed by atoms with Gasteiger partial charge in [-0.25, -0.2) is 0 Å². The molecular weight excluding hydrogens is 166 g/mol. The van der Waals surface area contributed by atoms with Crippen LogP contribution in [0, 0.1) is 5.92 Å². The number of carbonyl (C=O) groups is 1. The first kappa shape index (κ1) is 12.4. The van der Waals surface area contributed by atoms with Gasteiger partial charge in [0.25, 0.3) is 0 Å². The van der Waals surface area contributed by atoms with E-state index in [0.717, 1.165) is 19.4 Å². The summed E-state index contributed by atoms with van der Waals surface area (Å²) in [7, 11) is 1.45. The smallest absolute Gasteiger partial charge is 0.308 e. The second kappa shape index (κ2) is 6.89. The van der Waals surface area contributed by atoms with E-state index in [1.165, 1.54) is 7.11 Å². The summed E-state index contributed by atoms with van der Waals surface area (Å²) in [6, 6.07) is 0.452. The van der Waals surface area contributed by atoms with E-state index >= 15 is 0 Å². The first-order valence-corrected chi connectivity index (χ1v) is 5.05. The minimum atomic E-state index is -0.0571. The molecule has 78 valence electrons. The van der Waals surface area contributed by atoms with Crippen molar-refractivity contribution in [3.63, 3.8) is 0 Å². The van der Waals surface area contributed by atoms with Gasteiger partial charge in [0.05, 0.1) is 13.0 Å². The monoisotopic (exact) mass is 187 g/mol. The van der Waals surface area contributed by atoms with Gasteiger partial charge in [0.15, 0.2) is 0 Å². The number of hydrogen-bond donors (Lipinski definition) is 1. The van der Waals surface area contributed by atoms with Crippen LogP contribution in [0.4, 0.5) is 0 Å². The number of esters is 1. The Morgan fingerprint density at radius 3 is 2.54 bits per heavy atom. The molecule has 1 saturated heterocycles. The van der Waals surface area contributed by atoms with Crippen LogP contribution in [-0.2, 0) is 9.53 Å². The first-order valence-electron chi connectivity index (χ1n) is 5.05. The Morgan fingerprint density at radius 2 is 2.08 bits per heavy atom. The van der Waals surface area contributed by atoms with Gasteiger partial charge in [-0.05, 0) is 26.3 Å². The molecule has 2 unspecified atom stereocenters. The van der Waals surface area contributed by atoms with Crippen LogP contribution in [-0.4, -0.2) is 25.7 Å². The zero-order valence-electron chi connectivity index (χ0n) is 9.09. The molecule has 1 aliphatic rings. The van der Waals surface area contributed by atoms with Crippen molar-refractivity contribution in [2.45, 2.75) is 39.7 Å². The largest absolute Gasteiger partial charge is 0.469 e. The Morgan fingerprint density at radius 1 is 1.46 bits per heavy atom. The number of rotatable bonds is 1. The molecule has 0 aliphatic carbocycles. The van der Waals surface area contributed by atoms with Gasteiger partial charge in [0.1, 0.15) is 0 Å². The van der Waals surface area contributed by atoms with Crippen LogP contribution in [0.3, 0.4) is 0 Å². The highest BCUT2D eigenvalue weighted by molar-refractivity contribution is 5.72. The molecule has 0 aromatic carbocycles. The number of piperidine rings is 1. The van der Waals surface area contributed by atoms with Gasteiger partial charge in [-0.2, -0.15) is 0 Å². The van der Waals surface area contributed by atoms with Crippen molar-refractivity contribution in [2.24, 2.45) is 5.92 Å². The normalized spacial score (nSPS) is 27.1. The van der Waals surface area contributed by atoms with Crippen LogP contribution >= 0.6 is 0 Å². The molecule has 0 aromatic heterocycles. The van der Waals surface area contributed by atoms with E-state index in [4.69, 9.17) is 0 Å². The standard InChI is InChI=1S/C8H15NO2.C2H6/c1-6-5-7(3-4-9-6)8(10)11-2;1-2/h6-7,9H,3-5H2,1-2H3;1-2H3. The van der Waals surface area contributed by atoms with E-state index in [0.29, 0.717) is 6.04 Å². The van der Waals surface area contributed by atoms with Crippen LogP contribution < -0.4 is 5.32 Å². The Balaban J connectivity index is 0.000000671. The minimum Gasteiger partial charge on any atom is -0.469 e. The Labute approximate surface area is 80.8 Å². The summed E-state index contributed by atoms with van der Waals surface area (Å²) in [5, 5.41) is 3.28. The molecule has 0 saturated carbocycles. The lowest BCUT2D eigenvalue weighted by Crippen LogP contribution is -2.38. The molecule has 13 heavy (non-hydrogen) atoms. The number of carbonyl (C=O) groups excluding carboxylic acids is 1. The molecule has 0 aromatic rings. The maximum Gasteiger partial charge on any atom is 0.308 e. The molecule has 1 N–H and O–H groups in total. The molecule has 3 heteroatoms. The maximum atomic E-state index is 11.1. The van der Waals surface area contributed by atoms with Gasteiger partial charge in [-0.1, -0.05) is 13.8 Å².